The van der Waals surface area contributed by atoms with Gasteiger partial charge in [-0.05, 0) is 25.6 Å². The summed E-state index contributed by atoms with van der Waals surface area (Å²) in [6.07, 6.45) is 0.977. The van der Waals surface area contributed by atoms with Crippen LogP contribution < -0.4 is 10.2 Å². The van der Waals surface area contributed by atoms with Gasteiger partial charge in [0.15, 0.2) is 0 Å². The summed E-state index contributed by atoms with van der Waals surface area (Å²) < 4.78 is 11.8. The Morgan fingerprint density at radius 1 is 1.40 bits per heavy atom. The normalized spacial score (nSPS) is 24.4. The number of para-hydroxylation sites is 1. The van der Waals surface area contributed by atoms with Gasteiger partial charge in [0.1, 0.15) is 5.75 Å². The fourth-order valence-corrected chi connectivity index (χ4v) is 4.04. The van der Waals surface area contributed by atoms with Gasteiger partial charge in [-0.15, -0.1) is 0 Å². The summed E-state index contributed by atoms with van der Waals surface area (Å²) in [5, 5.41) is 0. The second kappa shape index (κ2) is 4.34. The van der Waals surface area contributed by atoms with Gasteiger partial charge in [0.2, 0.25) is 0 Å². The third-order valence-corrected chi connectivity index (χ3v) is 5.33. The maximum absolute atomic E-state index is 5.98. The zero-order valence-electron chi connectivity index (χ0n) is 9.03. The van der Waals surface area contributed by atoms with Gasteiger partial charge < -0.3 is 14.6 Å². The molecule has 3 nitrogen and oxygen atoms in total. The van der Waals surface area contributed by atoms with Gasteiger partial charge in [0.05, 0.1) is 6.61 Å². The second-order valence-corrected chi connectivity index (χ2v) is 7.28. The Hall–Kier alpha value is -0.843. The highest BCUT2D eigenvalue weighted by molar-refractivity contribution is 6.66. The molecule has 0 aromatic heterocycles. The monoisotopic (exact) mass is 223 g/mol. The molecule has 0 saturated heterocycles. The van der Waals surface area contributed by atoms with Crippen molar-refractivity contribution in [3.8, 4) is 5.75 Å². The number of rotatable bonds is 3. The van der Waals surface area contributed by atoms with Crippen LogP contribution in [0, 0.1) is 0 Å². The summed E-state index contributed by atoms with van der Waals surface area (Å²) in [5.41, 5.74) is 6.66. The van der Waals surface area contributed by atoms with Gasteiger partial charge in [-0.25, -0.2) is 0 Å². The molecular formula is C11H17NO2Si. The minimum absolute atomic E-state index is 0.684. The van der Waals surface area contributed by atoms with E-state index in [-0.39, 0.29) is 0 Å². The number of hydrogen-bond donors (Lipinski definition) is 1. The quantitative estimate of drug-likeness (QED) is 0.797. The van der Waals surface area contributed by atoms with Gasteiger partial charge in [-0.1, -0.05) is 18.2 Å². The highest BCUT2D eigenvalue weighted by atomic mass is 28.4. The fourth-order valence-electron chi connectivity index (χ4n) is 1.76. The topological polar surface area (TPSA) is 44.5 Å². The molecule has 1 aromatic carbocycles. The van der Waals surface area contributed by atoms with Crippen LogP contribution in [-0.4, -0.2) is 15.1 Å². The molecule has 1 aliphatic rings. The maximum atomic E-state index is 5.98. The van der Waals surface area contributed by atoms with E-state index in [0.29, 0.717) is 13.2 Å². The number of benzene rings is 1. The van der Waals surface area contributed by atoms with E-state index in [2.05, 4.69) is 6.55 Å². The predicted octanol–water partition coefficient (Wildman–Crippen LogP) is 2.02. The molecule has 0 fully saturated rings. The molecule has 1 atom stereocenters. The standard InChI is InChI=1S/C11H17NO2Si/c1-15(8-4-7-12)13-9-10-5-2-3-6-11(10)14-15/h2-3,5-6H,4,7-9,12H2,1H3. The van der Waals surface area contributed by atoms with Crippen molar-refractivity contribution in [2.24, 2.45) is 5.73 Å². The highest BCUT2D eigenvalue weighted by Gasteiger charge is 2.36. The molecule has 1 unspecified atom stereocenters. The molecule has 0 bridgehead atoms. The second-order valence-electron chi connectivity index (χ2n) is 4.02. The first-order valence-corrected chi connectivity index (χ1v) is 7.87. The van der Waals surface area contributed by atoms with E-state index in [4.69, 9.17) is 14.6 Å². The van der Waals surface area contributed by atoms with Crippen LogP contribution in [0.25, 0.3) is 0 Å². The summed E-state index contributed by atoms with van der Waals surface area (Å²) in [4.78, 5) is 0. The smallest absolute Gasteiger partial charge is 0.395 e. The molecule has 82 valence electrons. The van der Waals surface area contributed by atoms with E-state index in [1.165, 1.54) is 0 Å². The maximum Gasteiger partial charge on any atom is 0.395 e. The Kier molecular flexibility index (Phi) is 3.09. The van der Waals surface area contributed by atoms with Crippen molar-refractivity contribution in [1.29, 1.82) is 0 Å². The lowest BCUT2D eigenvalue weighted by Crippen LogP contribution is -2.44. The SMILES string of the molecule is C[Si]1(CCCN)OCc2ccccc2O1. The minimum Gasteiger partial charge on any atom is -0.520 e. The lowest BCUT2D eigenvalue weighted by atomic mass is 10.2. The first-order chi connectivity index (χ1) is 7.23. The number of nitrogens with two attached hydrogens (primary N) is 1. The van der Waals surface area contributed by atoms with Crippen molar-refractivity contribution in [2.75, 3.05) is 6.54 Å². The lowest BCUT2D eigenvalue weighted by molar-refractivity contribution is 0.204. The molecule has 1 aromatic rings. The average Bonchev–Trinajstić information content (AvgIpc) is 2.26. The van der Waals surface area contributed by atoms with Crippen molar-refractivity contribution in [2.45, 2.75) is 25.6 Å². The largest absolute Gasteiger partial charge is 0.520 e. The molecule has 15 heavy (non-hydrogen) atoms. The van der Waals surface area contributed by atoms with Crippen LogP contribution in [0.3, 0.4) is 0 Å². The molecule has 0 aliphatic carbocycles. The molecule has 1 heterocycles. The van der Waals surface area contributed by atoms with Crippen molar-refractivity contribution in [1.82, 2.24) is 0 Å². The zero-order chi connectivity index (χ0) is 10.7. The van der Waals surface area contributed by atoms with Crippen LogP contribution in [0.4, 0.5) is 0 Å². The van der Waals surface area contributed by atoms with Crippen LogP contribution in [0.1, 0.15) is 12.0 Å². The number of fused-ring (bicyclic) bond motifs is 1. The first kappa shape index (κ1) is 10.7. The lowest BCUT2D eigenvalue weighted by Gasteiger charge is -2.33. The molecule has 0 spiro atoms. The minimum atomic E-state index is -1.99. The van der Waals surface area contributed by atoms with Crippen LogP contribution in [0.15, 0.2) is 24.3 Å². The zero-order valence-corrected chi connectivity index (χ0v) is 10.0. The Morgan fingerprint density at radius 3 is 3.00 bits per heavy atom. The van der Waals surface area contributed by atoms with Gasteiger partial charge in [-0.3, -0.25) is 0 Å². The van der Waals surface area contributed by atoms with Crippen molar-refractivity contribution < 1.29 is 8.85 Å². The Labute approximate surface area is 91.4 Å². The molecule has 0 amide bonds. The Morgan fingerprint density at radius 2 is 2.20 bits per heavy atom. The van der Waals surface area contributed by atoms with Crippen LogP contribution in [0.2, 0.25) is 12.6 Å². The van der Waals surface area contributed by atoms with Crippen molar-refractivity contribution >= 4 is 8.56 Å². The number of hydrogen-bond acceptors (Lipinski definition) is 3. The van der Waals surface area contributed by atoms with Gasteiger partial charge in [0.25, 0.3) is 0 Å². The third-order valence-electron chi connectivity index (χ3n) is 2.67. The van der Waals surface area contributed by atoms with E-state index >= 15 is 0 Å². The van der Waals surface area contributed by atoms with E-state index in [9.17, 15) is 0 Å². The van der Waals surface area contributed by atoms with Gasteiger partial charge in [0, 0.05) is 11.6 Å². The van der Waals surface area contributed by atoms with Crippen molar-refractivity contribution in [3.05, 3.63) is 29.8 Å². The summed E-state index contributed by atoms with van der Waals surface area (Å²) in [7, 11) is -1.99. The summed E-state index contributed by atoms with van der Waals surface area (Å²) in [5.74, 6) is 0.995. The molecule has 2 N–H and O–H groups in total. The Balaban J connectivity index is 2.10. The van der Waals surface area contributed by atoms with Crippen LogP contribution in [-0.2, 0) is 11.0 Å². The third kappa shape index (κ3) is 2.39. The summed E-state index contributed by atoms with van der Waals surface area (Å²) in [6, 6.07) is 9.05. The fraction of sp³-hybridized carbons (Fsp3) is 0.455. The molecule has 2 rings (SSSR count). The average molecular weight is 223 g/mol. The highest BCUT2D eigenvalue weighted by Crippen LogP contribution is 2.30. The van der Waals surface area contributed by atoms with Gasteiger partial charge in [-0.2, -0.15) is 0 Å². The Bertz CT molecular complexity index is 345. The van der Waals surface area contributed by atoms with E-state index in [1.807, 2.05) is 24.3 Å². The van der Waals surface area contributed by atoms with E-state index in [0.717, 1.165) is 23.8 Å². The molecular weight excluding hydrogens is 206 g/mol. The van der Waals surface area contributed by atoms with Gasteiger partial charge >= 0.3 is 8.56 Å². The van der Waals surface area contributed by atoms with Crippen molar-refractivity contribution in [3.63, 3.8) is 0 Å². The predicted molar refractivity (Wildman–Crippen MR) is 62.0 cm³/mol. The summed E-state index contributed by atoms with van der Waals surface area (Å²) in [6.45, 7) is 3.50. The molecule has 0 saturated carbocycles. The summed E-state index contributed by atoms with van der Waals surface area (Å²) >= 11 is 0. The van der Waals surface area contributed by atoms with Crippen LogP contribution >= 0.6 is 0 Å². The molecule has 1 aliphatic heterocycles. The van der Waals surface area contributed by atoms with E-state index in [1.54, 1.807) is 0 Å². The molecule has 4 heteroatoms. The van der Waals surface area contributed by atoms with Crippen LogP contribution in [0.5, 0.6) is 5.75 Å². The van der Waals surface area contributed by atoms with E-state index < -0.39 is 8.56 Å². The molecule has 0 radical (unpaired) electrons. The first-order valence-electron chi connectivity index (χ1n) is 5.34.